The lowest BCUT2D eigenvalue weighted by Crippen LogP contribution is -2.24. The maximum absolute atomic E-state index is 4.37. The molecule has 0 aromatic carbocycles. The van der Waals surface area contributed by atoms with Gasteiger partial charge in [-0.05, 0) is 20.3 Å². The number of hydrogen-bond acceptors (Lipinski definition) is 3. The van der Waals surface area contributed by atoms with Crippen LogP contribution in [0.25, 0.3) is 0 Å². The molecular weight excluding hydrogens is 206 g/mol. The molecular formula is C11H19N3S. The summed E-state index contributed by atoms with van der Waals surface area (Å²) in [6.45, 7) is 6.54. The molecule has 0 bridgehead atoms. The van der Waals surface area contributed by atoms with Crippen molar-refractivity contribution >= 4 is 11.8 Å². The van der Waals surface area contributed by atoms with Gasteiger partial charge in [0, 0.05) is 29.6 Å². The average Bonchev–Trinajstić information content (AvgIpc) is 2.86. The average molecular weight is 225 g/mol. The first-order valence-corrected chi connectivity index (χ1v) is 6.67. The summed E-state index contributed by atoms with van der Waals surface area (Å²) in [5.41, 5.74) is 1.31. The molecule has 15 heavy (non-hydrogen) atoms. The van der Waals surface area contributed by atoms with Crippen LogP contribution in [0.3, 0.4) is 0 Å². The van der Waals surface area contributed by atoms with Gasteiger partial charge in [-0.1, -0.05) is 6.92 Å². The van der Waals surface area contributed by atoms with Crippen molar-refractivity contribution in [2.45, 2.75) is 44.6 Å². The van der Waals surface area contributed by atoms with Crippen LogP contribution in [0.5, 0.6) is 0 Å². The number of hydrogen-bond donors (Lipinski definition) is 1. The Hall–Kier alpha value is -0.480. The van der Waals surface area contributed by atoms with Gasteiger partial charge in [0.2, 0.25) is 0 Å². The molecule has 1 N–H and O–H groups in total. The first kappa shape index (κ1) is 11.0. The van der Waals surface area contributed by atoms with Crippen molar-refractivity contribution < 1.29 is 0 Å². The molecule has 84 valence electrons. The number of rotatable bonds is 3. The van der Waals surface area contributed by atoms with Crippen molar-refractivity contribution in [3.8, 4) is 0 Å². The predicted octanol–water partition coefficient (Wildman–Crippen LogP) is 2.58. The zero-order valence-electron chi connectivity index (χ0n) is 9.60. The van der Waals surface area contributed by atoms with E-state index < -0.39 is 0 Å². The quantitative estimate of drug-likeness (QED) is 0.857. The molecule has 0 aliphatic carbocycles. The lowest BCUT2D eigenvalue weighted by Gasteiger charge is -2.09. The summed E-state index contributed by atoms with van der Waals surface area (Å²) < 4.78 is 2.02. The second kappa shape index (κ2) is 4.58. The summed E-state index contributed by atoms with van der Waals surface area (Å²) in [7, 11) is 0. The molecule has 1 aliphatic heterocycles. The van der Waals surface area contributed by atoms with Crippen LogP contribution in [0.15, 0.2) is 12.4 Å². The topological polar surface area (TPSA) is 29.9 Å². The molecule has 3 nitrogen and oxygen atoms in total. The first-order chi connectivity index (χ1) is 7.20. The lowest BCUT2D eigenvalue weighted by atomic mass is 10.2. The van der Waals surface area contributed by atoms with Crippen LogP contribution in [-0.2, 0) is 0 Å². The summed E-state index contributed by atoms with van der Waals surface area (Å²) in [5.74, 6) is 1.22. The molecule has 2 rings (SSSR count). The third-order valence-corrected chi connectivity index (χ3v) is 4.13. The second-order valence-corrected chi connectivity index (χ2v) is 5.47. The molecule has 0 radical (unpaired) electrons. The van der Waals surface area contributed by atoms with Gasteiger partial charge in [0.1, 0.15) is 0 Å². The van der Waals surface area contributed by atoms with Crippen LogP contribution >= 0.6 is 11.8 Å². The molecule has 2 atom stereocenters. The third-order valence-electron chi connectivity index (χ3n) is 2.80. The van der Waals surface area contributed by atoms with E-state index in [1.807, 2.05) is 22.6 Å². The monoisotopic (exact) mass is 225 g/mol. The van der Waals surface area contributed by atoms with Crippen molar-refractivity contribution in [1.82, 2.24) is 15.1 Å². The highest BCUT2D eigenvalue weighted by molar-refractivity contribution is 7.99. The Morgan fingerprint density at radius 1 is 1.67 bits per heavy atom. The van der Waals surface area contributed by atoms with E-state index in [0.717, 1.165) is 0 Å². The number of thioether (sulfide) groups is 1. The summed E-state index contributed by atoms with van der Waals surface area (Å²) in [6, 6.07) is 1.12. The summed E-state index contributed by atoms with van der Waals surface area (Å²) in [5, 5.41) is 8.44. The SMILES string of the molecule is CCC1CSC(c2cnn(C(C)C)c2)N1. The molecule has 1 aromatic heterocycles. The van der Waals surface area contributed by atoms with Gasteiger partial charge in [-0.15, -0.1) is 11.8 Å². The maximum Gasteiger partial charge on any atom is 0.0823 e. The van der Waals surface area contributed by atoms with Crippen molar-refractivity contribution in [2.24, 2.45) is 0 Å². The zero-order valence-corrected chi connectivity index (χ0v) is 10.4. The van der Waals surface area contributed by atoms with Crippen LogP contribution in [0, 0.1) is 0 Å². The van der Waals surface area contributed by atoms with Gasteiger partial charge < -0.3 is 0 Å². The van der Waals surface area contributed by atoms with Crippen LogP contribution in [0.1, 0.15) is 44.2 Å². The Balaban J connectivity index is 2.04. The van der Waals surface area contributed by atoms with E-state index in [2.05, 4.69) is 37.4 Å². The fourth-order valence-corrected chi connectivity index (χ4v) is 3.08. The van der Waals surface area contributed by atoms with Gasteiger partial charge in [0.25, 0.3) is 0 Å². The fraction of sp³-hybridized carbons (Fsp3) is 0.727. The van der Waals surface area contributed by atoms with Crippen molar-refractivity contribution in [3.63, 3.8) is 0 Å². The Morgan fingerprint density at radius 3 is 3.00 bits per heavy atom. The molecule has 1 aromatic rings. The smallest absolute Gasteiger partial charge is 0.0823 e. The molecule has 4 heteroatoms. The lowest BCUT2D eigenvalue weighted by molar-refractivity contribution is 0.530. The Morgan fingerprint density at radius 2 is 2.47 bits per heavy atom. The molecule has 0 spiro atoms. The van der Waals surface area contributed by atoms with Crippen LogP contribution in [-0.4, -0.2) is 21.6 Å². The van der Waals surface area contributed by atoms with E-state index in [9.17, 15) is 0 Å². The first-order valence-electron chi connectivity index (χ1n) is 5.62. The summed E-state index contributed by atoms with van der Waals surface area (Å²) >= 11 is 1.99. The van der Waals surface area contributed by atoms with E-state index in [4.69, 9.17) is 0 Å². The minimum Gasteiger partial charge on any atom is -0.298 e. The van der Waals surface area contributed by atoms with E-state index in [-0.39, 0.29) is 0 Å². The van der Waals surface area contributed by atoms with Gasteiger partial charge in [0.05, 0.1) is 11.6 Å². The normalized spacial score (nSPS) is 26.4. The maximum atomic E-state index is 4.37. The second-order valence-electron chi connectivity index (χ2n) is 4.33. The Labute approximate surface area is 95.6 Å². The van der Waals surface area contributed by atoms with E-state index in [1.54, 1.807) is 0 Å². The molecule has 2 heterocycles. The summed E-state index contributed by atoms with van der Waals surface area (Å²) in [4.78, 5) is 0. The van der Waals surface area contributed by atoms with E-state index in [1.165, 1.54) is 17.7 Å². The van der Waals surface area contributed by atoms with Crippen LogP contribution in [0.2, 0.25) is 0 Å². The minimum atomic E-state index is 0.447. The van der Waals surface area contributed by atoms with Gasteiger partial charge in [-0.3, -0.25) is 10.00 Å². The predicted molar refractivity (Wildman–Crippen MR) is 65.0 cm³/mol. The summed E-state index contributed by atoms with van der Waals surface area (Å²) in [6.07, 6.45) is 5.36. The molecule has 0 amide bonds. The van der Waals surface area contributed by atoms with Gasteiger partial charge in [-0.25, -0.2) is 0 Å². The van der Waals surface area contributed by atoms with Crippen molar-refractivity contribution in [1.29, 1.82) is 0 Å². The van der Waals surface area contributed by atoms with Crippen molar-refractivity contribution in [3.05, 3.63) is 18.0 Å². The molecule has 1 fully saturated rings. The molecule has 1 aliphatic rings. The Kier molecular flexibility index (Phi) is 3.36. The number of nitrogens with zero attached hydrogens (tertiary/aromatic N) is 2. The fourth-order valence-electron chi connectivity index (χ4n) is 1.72. The molecule has 1 saturated heterocycles. The zero-order chi connectivity index (χ0) is 10.8. The van der Waals surface area contributed by atoms with E-state index >= 15 is 0 Å². The van der Waals surface area contributed by atoms with Crippen LogP contribution in [0.4, 0.5) is 0 Å². The highest BCUT2D eigenvalue weighted by atomic mass is 32.2. The van der Waals surface area contributed by atoms with Gasteiger partial charge >= 0.3 is 0 Å². The molecule has 0 saturated carbocycles. The van der Waals surface area contributed by atoms with Crippen LogP contribution < -0.4 is 5.32 Å². The standard InChI is InChI=1S/C11H19N3S/c1-4-10-7-15-11(13-10)9-5-12-14(6-9)8(2)3/h5-6,8,10-11,13H,4,7H2,1-3H3. The van der Waals surface area contributed by atoms with E-state index in [0.29, 0.717) is 17.5 Å². The largest absolute Gasteiger partial charge is 0.298 e. The van der Waals surface area contributed by atoms with Crippen molar-refractivity contribution in [2.75, 3.05) is 5.75 Å². The molecule has 2 unspecified atom stereocenters. The number of aromatic nitrogens is 2. The third kappa shape index (κ3) is 2.37. The highest BCUT2D eigenvalue weighted by Gasteiger charge is 2.25. The van der Waals surface area contributed by atoms with Gasteiger partial charge in [0.15, 0.2) is 0 Å². The number of nitrogens with one attached hydrogen (secondary N) is 1. The van der Waals surface area contributed by atoms with Gasteiger partial charge in [-0.2, -0.15) is 5.10 Å². The minimum absolute atomic E-state index is 0.447. The highest BCUT2D eigenvalue weighted by Crippen LogP contribution is 2.33. The Bertz CT molecular complexity index is 321.